The zero-order valence-electron chi connectivity index (χ0n) is 17.8. The van der Waals surface area contributed by atoms with E-state index in [9.17, 15) is 19.8 Å². The first kappa shape index (κ1) is 20.4. The van der Waals surface area contributed by atoms with Crippen LogP contribution in [0.1, 0.15) is 85.0 Å². The van der Waals surface area contributed by atoms with Gasteiger partial charge in [0.15, 0.2) is 0 Å². The molecule has 0 aromatic rings. The standard InChI is InChI=1S/C24H38O4/c1-14(4-9-22(27)28)18-7-8-19-17-6-5-15-12-16(25)10-11-23(15,2)20(17)13-21(26)24(18,19)3/h14-15,17-21,26H,4-13H2,1-3H3,(H,27,28)/p-1/t14-,15+,17+,18+,19-,20+,21-,23-,24+/m0/s1. The molecule has 4 heteroatoms. The van der Waals surface area contributed by atoms with Gasteiger partial charge in [0.2, 0.25) is 0 Å². The Morgan fingerprint density at radius 1 is 1.21 bits per heavy atom. The minimum Gasteiger partial charge on any atom is -0.550 e. The van der Waals surface area contributed by atoms with Crippen molar-refractivity contribution < 1.29 is 19.8 Å². The molecule has 0 aromatic carbocycles. The van der Waals surface area contributed by atoms with Crippen molar-refractivity contribution in [2.45, 2.75) is 91.1 Å². The minimum atomic E-state index is -0.964. The topological polar surface area (TPSA) is 77.4 Å². The van der Waals surface area contributed by atoms with Crippen molar-refractivity contribution in [2.24, 2.45) is 46.3 Å². The van der Waals surface area contributed by atoms with E-state index in [1.165, 1.54) is 6.42 Å². The Bertz CT molecular complexity index is 645. The van der Waals surface area contributed by atoms with Crippen LogP contribution in [0.15, 0.2) is 0 Å². The number of carboxylic acids is 1. The molecule has 0 unspecified atom stereocenters. The third-order valence-electron chi connectivity index (χ3n) is 10.2. The number of fused-ring (bicyclic) bond motifs is 5. The summed E-state index contributed by atoms with van der Waals surface area (Å²) in [6, 6.07) is 0. The summed E-state index contributed by atoms with van der Waals surface area (Å²) in [4.78, 5) is 23.0. The zero-order chi connectivity index (χ0) is 20.3. The maximum Gasteiger partial charge on any atom is 0.133 e. The molecule has 4 aliphatic rings. The number of rotatable bonds is 4. The molecule has 1 N–H and O–H groups in total. The first-order chi connectivity index (χ1) is 13.2. The van der Waals surface area contributed by atoms with Crippen LogP contribution in [-0.2, 0) is 9.59 Å². The smallest absolute Gasteiger partial charge is 0.133 e. The van der Waals surface area contributed by atoms with Crippen LogP contribution in [0.25, 0.3) is 0 Å². The highest BCUT2D eigenvalue weighted by Crippen LogP contribution is 2.68. The van der Waals surface area contributed by atoms with Crippen LogP contribution in [-0.4, -0.2) is 23.0 Å². The van der Waals surface area contributed by atoms with E-state index < -0.39 is 5.97 Å². The first-order valence-electron chi connectivity index (χ1n) is 11.6. The molecule has 4 rings (SSSR count). The van der Waals surface area contributed by atoms with Crippen molar-refractivity contribution in [3.8, 4) is 0 Å². The average Bonchev–Trinajstić information content (AvgIpc) is 3.00. The van der Waals surface area contributed by atoms with Crippen LogP contribution < -0.4 is 5.11 Å². The van der Waals surface area contributed by atoms with Gasteiger partial charge in [-0.25, -0.2) is 0 Å². The van der Waals surface area contributed by atoms with Crippen molar-refractivity contribution in [3.63, 3.8) is 0 Å². The minimum absolute atomic E-state index is 0.0970. The van der Waals surface area contributed by atoms with Gasteiger partial charge in [-0.2, -0.15) is 0 Å². The highest BCUT2D eigenvalue weighted by molar-refractivity contribution is 5.79. The molecule has 0 radical (unpaired) electrons. The average molecular weight is 390 g/mol. The van der Waals surface area contributed by atoms with Gasteiger partial charge in [-0.3, -0.25) is 4.79 Å². The van der Waals surface area contributed by atoms with E-state index in [0.717, 1.165) is 44.9 Å². The summed E-state index contributed by atoms with van der Waals surface area (Å²) < 4.78 is 0. The first-order valence-corrected chi connectivity index (χ1v) is 11.6. The summed E-state index contributed by atoms with van der Waals surface area (Å²) in [5.41, 5.74) is 0.109. The molecular formula is C24H37O4-. The normalized spacial score (nSPS) is 49.1. The van der Waals surface area contributed by atoms with E-state index in [-0.39, 0.29) is 23.4 Å². The van der Waals surface area contributed by atoms with Crippen LogP contribution in [0.5, 0.6) is 0 Å². The molecule has 28 heavy (non-hydrogen) atoms. The van der Waals surface area contributed by atoms with Crippen molar-refractivity contribution >= 4 is 11.8 Å². The van der Waals surface area contributed by atoms with Crippen LogP contribution >= 0.6 is 0 Å². The second-order valence-electron chi connectivity index (χ2n) is 11.1. The molecule has 0 aromatic heterocycles. The van der Waals surface area contributed by atoms with E-state index >= 15 is 0 Å². The lowest BCUT2D eigenvalue weighted by atomic mass is 9.44. The molecule has 9 atom stereocenters. The molecule has 0 spiro atoms. The molecule has 158 valence electrons. The Morgan fingerprint density at radius 3 is 2.68 bits per heavy atom. The third kappa shape index (κ3) is 2.97. The van der Waals surface area contributed by atoms with Gasteiger partial charge in [-0.1, -0.05) is 20.8 Å². The van der Waals surface area contributed by atoms with Gasteiger partial charge in [-0.15, -0.1) is 0 Å². The molecule has 0 heterocycles. The monoisotopic (exact) mass is 389 g/mol. The Morgan fingerprint density at radius 2 is 1.96 bits per heavy atom. The quantitative estimate of drug-likeness (QED) is 0.800. The van der Waals surface area contributed by atoms with Crippen molar-refractivity contribution in [1.82, 2.24) is 0 Å². The van der Waals surface area contributed by atoms with E-state index in [0.29, 0.717) is 47.7 Å². The van der Waals surface area contributed by atoms with Gasteiger partial charge < -0.3 is 15.0 Å². The molecule has 4 fully saturated rings. The summed E-state index contributed by atoms with van der Waals surface area (Å²) in [6.07, 6.45) is 8.42. The molecule has 0 amide bonds. The molecule has 4 saturated carbocycles. The largest absolute Gasteiger partial charge is 0.550 e. The third-order valence-corrected chi connectivity index (χ3v) is 10.2. The van der Waals surface area contributed by atoms with Gasteiger partial charge in [0.25, 0.3) is 0 Å². The second-order valence-corrected chi connectivity index (χ2v) is 11.1. The summed E-state index contributed by atoms with van der Waals surface area (Å²) in [7, 11) is 0. The van der Waals surface area contributed by atoms with E-state index in [2.05, 4.69) is 20.8 Å². The lowest BCUT2D eigenvalue weighted by molar-refractivity contribution is -0.306. The van der Waals surface area contributed by atoms with E-state index in [4.69, 9.17) is 0 Å². The lowest BCUT2D eigenvalue weighted by Crippen LogP contribution is -2.58. The highest BCUT2D eigenvalue weighted by atomic mass is 16.4. The Balaban J connectivity index is 1.57. The summed E-state index contributed by atoms with van der Waals surface area (Å²) in [6.45, 7) is 6.88. The van der Waals surface area contributed by atoms with Crippen molar-refractivity contribution in [3.05, 3.63) is 0 Å². The maximum absolute atomic E-state index is 12.0. The predicted octanol–water partition coefficient (Wildman–Crippen LogP) is 3.35. The number of Topliss-reactive ketones (excluding diaryl/α,β-unsaturated/α-hetero) is 1. The van der Waals surface area contributed by atoms with Gasteiger partial charge in [-0.05, 0) is 97.7 Å². The fourth-order valence-corrected chi connectivity index (χ4v) is 8.52. The Labute approximate surface area is 169 Å². The molecule has 0 bridgehead atoms. The number of carbonyl (C=O) groups is 2. The SMILES string of the molecule is C[C@@H](CCC(=O)[O-])[C@H]1CC[C@H]2[C@H]3CC[C@@H]4CC(=O)CC[C@]4(C)[C@@H]3C[C@H](O)[C@]12C. The van der Waals surface area contributed by atoms with Crippen LogP contribution in [0.4, 0.5) is 0 Å². The van der Waals surface area contributed by atoms with Crippen molar-refractivity contribution in [2.75, 3.05) is 0 Å². The number of aliphatic hydroxyl groups is 1. The van der Waals surface area contributed by atoms with Gasteiger partial charge in [0.05, 0.1) is 6.10 Å². The maximum atomic E-state index is 12.0. The lowest BCUT2D eigenvalue weighted by Gasteiger charge is -2.62. The molecule has 0 aliphatic heterocycles. The number of aliphatic carboxylic acids is 1. The molecule has 4 nitrogen and oxygen atoms in total. The van der Waals surface area contributed by atoms with Crippen LogP contribution in [0.2, 0.25) is 0 Å². The van der Waals surface area contributed by atoms with E-state index in [1.54, 1.807) is 0 Å². The number of carboxylic acid groups (broad SMARTS) is 1. The Hall–Kier alpha value is -0.900. The number of hydrogen-bond donors (Lipinski definition) is 1. The predicted molar refractivity (Wildman–Crippen MR) is 105 cm³/mol. The number of aliphatic hydroxyl groups excluding tert-OH is 1. The van der Waals surface area contributed by atoms with Crippen LogP contribution in [0, 0.1) is 46.3 Å². The second kappa shape index (κ2) is 7.11. The fraction of sp³-hybridized carbons (Fsp3) is 0.917. The molecular weight excluding hydrogens is 352 g/mol. The highest BCUT2D eigenvalue weighted by Gasteiger charge is 2.63. The Kier molecular flexibility index (Phi) is 5.17. The van der Waals surface area contributed by atoms with Crippen molar-refractivity contribution in [1.29, 1.82) is 0 Å². The fourth-order valence-electron chi connectivity index (χ4n) is 8.52. The van der Waals surface area contributed by atoms with Crippen LogP contribution in [0.3, 0.4) is 0 Å². The summed E-state index contributed by atoms with van der Waals surface area (Å²) in [5.74, 6) is 2.40. The number of hydrogen-bond acceptors (Lipinski definition) is 4. The van der Waals surface area contributed by atoms with E-state index in [1.807, 2.05) is 0 Å². The van der Waals surface area contributed by atoms with Gasteiger partial charge in [0, 0.05) is 18.8 Å². The summed E-state index contributed by atoms with van der Waals surface area (Å²) >= 11 is 0. The van der Waals surface area contributed by atoms with Gasteiger partial charge in [0.1, 0.15) is 5.78 Å². The molecule has 4 aliphatic carbocycles. The number of ketones is 1. The molecule has 0 saturated heterocycles. The van der Waals surface area contributed by atoms with Gasteiger partial charge >= 0.3 is 0 Å². The number of carbonyl (C=O) groups excluding carboxylic acids is 2. The zero-order valence-corrected chi connectivity index (χ0v) is 17.8. The summed E-state index contributed by atoms with van der Waals surface area (Å²) in [5, 5.41) is 22.4.